The molecule has 0 radical (unpaired) electrons. The number of nitrogens with one attached hydrogen (secondary N) is 1. The predicted octanol–water partition coefficient (Wildman–Crippen LogP) is 1.85. The lowest BCUT2D eigenvalue weighted by Crippen LogP contribution is -2.49. The lowest BCUT2D eigenvalue weighted by atomic mass is 10.2. The van der Waals surface area contributed by atoms with Gasteiger partial charge in [-0.3, -0.25) is 9.59 Å². The number of amides is 2. The second-order valence-corrected chi connectivity index (χ2v) is 5.29. The van der Waals surface area contributed by atoms with Crippen LogP contribution in [0.2, 0.25) is 0 Å². The molecular formula is C18H17N3O3. The van der Waals surface area contributed by atoms with Crippen LogP contribution in [-0.2, 0) is 9.59 Å². The number of aromatic nitrogens is 1. The van der Waals surface area contributed by atoms with Crippen LogP contribution in [0.25, 0.3) is 6.08 Å². The molecule has 3 rings (SSSR count). The number of nitrogens with zero attached hydrogens (tertiary/aromatic N) is 2. The summed E-state index contributed by atoms with van der Waals surface area (Å²) in [6.07, 6.45) is 4.76. The summed E-state index contributed by atoms with van der Waals surface area (Å²) in [5, 5.41) is 2.69. The smallest absolute Gasteiger partial charge is 0.247 e. The Kier molecular flexibility index (Phi) is 4.86. The van der Waals surface area contributed by atoms with Gasteiger partial charge < -0.3 is 15.0 Å². The normalized spacial score (nSPS) is 14.5. The molecule has 122 valence electrons. The molecule has 2 amide bonds. The fourth-order valence-corrected chi connectivity index (χ4v) is 2.26. The first kappa shape index (κ1) is 15.7. The monoisotopic (exact) mass is 323 g/mol. The highest BCUT2D eigenvalue weighted by Gasteiger charge is 2.18. The van der Waals surface area contributed by atoms with E-state index in [1.807, 2.05) is 36.4 Å². The zero-order chi connectivity index (χ0) is 16.8. The third kappa shape index (κ3) is 4.19. The Bertz CT molecular complexity index is 742. The zero-order valence-electron chi connectivity index (χ0n) is 13.0. The summed E-state index contributed by atoms with van der Waals surface area (Å²) in [6, 6.07) is 12.9. The van der Waals surface area contributed by atoms with Gasteiger partial charge in [-0.25, -0.2) is 4.98 Å². The summed E-state index contributed by atoms with van der Waals surface area (Å²) in [7, 11) is 0. The van der Waals surface area contributed by atoms with Crippen molar-refractivity contribution in [2.75, 3.05) is 19.6 Å². The standard InChI is InChI=1S/C18H17N3O3/c22-16-13-21(11-10-19-16)18(23)9-7-14-6-8-17(20-12-14)24-15-4-2-1-3-5-15/h1-9,12H,10-11,13H2,(H,19,22). The zero-order valence-corrected chi connectivity index (χ0v) is 13.0. The lowest BCUT2D eigenvalue weighted by molar-refractivity contribution is -0.134. The minimum atomic E-state index is -0.186. The molecule has 1 aliphatic rings. The summed E-state index contributed by atoms with van der Waals surface area (Å²) in [5.41, 5.74) is 0.783. The Morgan fingerprint density at radius 2 is 2.04 bits per heavy atom. The molecule has 2 aromatic rings. The Balaban J connectivity index is 1.59. The Morgan fingerprint density at radius 1 is 1.21 bits per heavy atom. The first-order chi connectivity index (χ1) is 11.7. The van der Waals surface area contributed by atoms with Crippen molar-refractivity contribution in [1.29, 1.82) is 0 Å². The molecule has 0 saturated carbocycles. The number of benzene rings is 1. The van der Waals surface area contributed by atoms with Crippen LogP contribution in [0.1, 0.15) is 5.56 Å². The molecule has 1 aliphatic heterocycles. The third-order valence-electron chi connectivity index (χ3n) is 3.49. The van der Waals surface area contributed by atoms with Gasteiger partial charge in [0.25, 0.3) is 0 Å². The molecule has 6 heteroatoms. The van der Waals surface area contributed by atoms with E-state index in [1.54, 1.807) is 18.3 Å². The van der Waals surface area contributed by atoms with E-state index in [9.17, 15) is 9.59 Å². The number of hydrogen-bond donors (Lipinski definition) is 1. The molecule has 1 fully saturated rings. The van der Waals surface area contributed by atoms with Crippen LogP contribution < -0.4 is 10.1 Å². The van der Waals surface area contributed by atoms with Gasteiger partial charge in [0.2, 0.25) is 17.7 Å². The van der Waals surface area contributed by atoms with Crippen LogP contribution in [0.5, 0.6) is 11.6 Å². The molecule has 1 N–H and O–H groups in total. The Hall–Kier alpha value is -3.15. The lowest BCUT2D eigenvalue weighted by Gasteiger charge is -2.25. The molecule has 0 unspecified atom stereocenters. The number of hydrogen-bond acceptors (Lipinski definition) is 4. The Labute approximate surface area is 139 Å². The van der Waals surface area contributed by atoms with Gasteiger partial charge >= 0.3 is 0 Å². The molecular weight excluding hydrogens is 306 g/mol. The number of carbonyl (C=O) groups excluding carboxylic acids is 2. The van der Waals surface area contributed by atoms with E-state index in [1.165, 1.54) is 11.0 Å². The minimum Gasteiger partial charge on any atom is -0.439 e. The molecule has 0 atom stereocenters. The fourth-order valence-electron chi connectivity index (χ4n) is 2.26. The van der Waals surface area contributed by atoms with E-state index in [-0.39, 0.29) is 18.4 Å². The fraction of sp³-hybridized carbons (Fsp3) is 0.167. The number of carbonyl (C=O) groups is 2. The van der Waals surface area contributed by atoms with Crippen LogP contribution in [-0.4, -0.2) is 41.3 Å². The topological polar surface area (TPSA) is 71.5 Å². The average molecular weight is 323 g/mol. The predicted molar refractivity (Wildman–Crippen MR) is 89.4 cm³/mol. The van der Waals surface area contributed by atoms with E-state index in [2.05, 4.69) is 10.3 Å². The van der Waals surface area contributed by atoms with Crippen molar-refractivity contribution in [3.05, 3.63) is 60.3 Å². The second kappa shape index (κ2) is 7.41. The van der Waals surface area contributed by atoms with Crippen molar-refractivity contribution in [2.45, 2.75) is 0 Å². The van der Waals surface area contributed by atoms with E-state index < -0.39 is 0 Å². The Morgan fingerprint density at radius 3 is 2.75 bits per heavy atom. The molecule has 2 heterocycles. The first-order valence-electron chi connectivity index (χ1n) is 7.63. The number of ether oxygens (including phenoxy) is 1. The van der Waals surface area contributed by atoms with E-state index >= 15 is 0 Å². The maximum absolute atomic E-state index is 12.0. The van der Waals surface area contributed by atoms with Crippen LogP contribution in [0, 0.1) is 0 Å². The molecule has 0 spiro atoms. The van der Waals surface area contributed by atoms with Gasteiger partial charge in [0.15, 0.2) is 0 Å². The van der Waals surface area contributed by atoms with Gasteiger partial charge in [-0.15, -0.1) is 0 Å². The maximum Gasteiger partial charge on any atom is 0.247 e. The van der Waals surface area contributed by atoms with Gasteiger partial charge in [-0.1, -0.05) is 18.2 Å². The van der Waals surface area contributed by atoms with Crippen molar-refractivity contribution < 1.29 is 14.3 Å². The molecule has 1 aromatic heterocycles. The van der Waals surface area contributed by atoms with Crippen LogP contribution in [0.3, 0.4) is 0 Å². The van der Waals surface area contributed by atoms with Crippen LogP contribution in [0.4, 0.5) is 0 Å². The highest BCUT2D eigenvalue weighted by molar-refractivity contribution is 5.94. The largest absolute Gasteiger partial charge is 0.439 e. The maximum atomic E-state index is 12.0. The van der Waals surface area contributed by atoms with Gasteiger partial charge in [-0.05, 0) is 29.8 Å². The third-order valence-corrected chi connectivity index (χ3v) is 3.49. The van der Waals surface area contributed by atoms with Crippen molar-refractivity contribution in [3.8, 4) is 11.6 Å². The van der Waals surface area contributed by atoms with Crippen molar-refractivity contribution >= 4 is 17.9 Å². The highest BCUT2D eigenvalue weighted by Crippen LogP contribution is 2.18. The SMILES string of the molecule is O=C1CN(C(=O)C=Cc2ccc(Oc3ccccc3)nc2)CCN1. The summed E-state index contributed by atoms with van der Waals surface area (Å²) in [6.45, 7) is 1.12. The van der Waals surface area contributed by atoms with E-state index in [0.717, 1.165) is 5.56 Å². The van der Waals surface area contributed by atoms with Crippen LogP contribution in [0.15, 0.2) is 54.7 Å². The van der Waals surface area contributed by atoms with E-state index in [0.29, 0.717) is 24.7 Å². The van der Waals surface area contributed by atoms with Crippen LogP contribution >= 0.6 is 0 Å². The van der Waals surface area contributed by atoms with Gasteiger partial charge in [-0.2, -0.15) is 0 Å². The van der Waals surface area contributed by atoms with E-state index in [4.69, 9.17) is 4.74 Å². The number of rotatable bonds is 4. The number of para-hydroxylation sites is 1. The first-order valence-corrected chi connectivity index (χ1v) is 7.63. The second-order valence-electron chi connectivity index (χ2n) is 5.29. The highest BCUT2D eigenvalue weighted by atomic mass is 16.5. The number of pyridine rings is 1. The van der Waals surface area contributed by atoms with Crippen molar-refractivity contribution in [2.24, 2.45) is 0 Å². The summed E-state index contributed by atoms with van der Waals surface area (Å²) in [4.78, 5) is 29.0. The van der Waals surface area contributed by atoms with Gasteiger partial charge in [0.1, 0.15) is 5.75 Å². The molecule has 0 aliphatic carbocycles. The molecule has 1 aromatic carbocycles. The minimum absolute atomic E-state index is 0.102. The van der Waals surface area contributed by atoms with Crippen molar-refractivity contribution in [3.63, 3.8) is 0 Å². The van der Waals surface area contributed by atoms with Gasteiger partial charge in [0.05, 0.1) is 6.54 Å². The summed E-state index contributed by atoms with van der Waals surface area (Å²) < 4.78 is 5.61. The van der Waals surface area contributed by atoms with Crippen molar-refractivity contribution in [1.82, 2.24) is 15.2 Å². The molecule has 24 heavy (non-hydrogen) atoms. The molecule has 0 bridgehead atoms. The van der Waals surface area contributed by atoms with Gasteiger partial charge in [0, 0.05) is 31.4 Å². The summed E-state index contributed by atoms with van der Waals surface area (Å²) in [5.74, 6) is 0.880. The average Bonchev–Trinajstić information content (AvgIpc) is 2.62. The quantitative estimate of drug-likeness (QED) is 0.872. The summed E-state index contributed by atoms with van der Waals surface area (Å²) >= 11 is 0. The number of piperazine rings is 1. The molecule has 6 nitrogen and oxygen atoms in total. The molecule has 1 saturated heterocycles.